The van der Waals surface area contributed by atoms with Gasteiger partial charge in [-0.2, -0.15) is 8.78 Å². The van der Waals surface area contributed by atoms with E-state index < -0.39 is 68.3 Å². The van der Waals surface area contributed by atoms with E-state index in [0.717, 1.165) is 81.0 Å². The average molecular weight is 1030 g/mol. The highest BCUT2D eigenvalue weighted by molar-refractivity contribution is 7.72. The highest BCUT2D eigenvalue weighted by atomic mass is 31.2. The Hall–Kier alpha value is -2.51. The van der Waals surface area contributed by atoms with Crippen molar-refractivity contribution in [3.8, 4) is 11.5 Å². The summed E-state index contributed by atoms with van der Waals surface area (Å²) in [4.78, 5) is 47.3. The van der Waals surface area contributed by atoms with E-state index in [1.807, 2.05) is 0 Å². The summed E-state index contributed by atoms with van der Waals surface area (Å²) in [5.74, 6) is -1.03. The molecule has 17 heteroatoms. The molecule has 4 aliphatic rings. The number of benzene rings is 2. The van der Waals surface area contributed by atoms with Gasteiger partial charge in [0.15, 0.2) is 23.1 Å². The van der Waals surface area contributed by atoms with Crippen LogP contribution in [-0.2, 0) is 13.9 Å². The lowest BCUT2D eigenvalue weighted by Crippen LogP contribution is -2.30. The Morgan fingerprint density at radius 2 is 0.900 bits per heavy atom. The summed E-state index contributed by atoms with van der Waals surface area (Å²) in [7, 11) is -11.3. The van der Waals surface area contributed by atoms with E-state index in [2.05, 4.69) is 13.8 Å². The SMILES string of the molecule is CCCCCC1CCC(C2CCC(c3ccc(OCCC(O)(P(=O)(O)O)P(=O)(O)O)c(F)c3F)CC2)CC1.CCCCCC1CCC(C2CCC(c3ccc(OCCCC(=O)O)c(F)c3F)CC2)CC1. The highest BCUT2D eigenvalue weighted by Gasteiger charge is 2.59. The topological polar surface area (TPSA) is 191 Å². The van der Waals surface area contributed by atoms with Crippen molar-refractivity contribution in [2.45, 2.75) is 204 Å². The number of ether oxygens (including phenoxy) is 2. The number of carboxylic acid groups (broad SMARTS) is 1. The van der Waals surface area contributed by atoms with Crippen LogP contribution in [0.15, 0.2) is 24.3 Å². The highest BCUT2D eigenvalue weighted by Crippen LogP contribution is 2.69. The molecule has 4 aliphatic carbocycles. The molecule has 2 aromatic carbocycles. The van der Waals surface area contributed by atoms with Gasteiger partial charge in [0.05, 0.1) is 13.2 Å². The van der Waals surface area contributed by atoms with E-state index >= 15 is 0 Å². The van der Waals surface area contributed by atoms with Crippen molar-refractivity contribution < 1.29 is 70.7 Å². The van der Waals surface area contributed by atoms with Crippen molar-refractivity contribution in [2.24, 2.45) is 35.5 Å². The summed E-state index contributed by atoms with van der Waals surface area (Å²) >= 11 is 0. The molecule has 0 bridgehead atoms. The Labute approximate surface area is 413 Å². The van der Waals surface area contributed by atoms with Crippen molar-refractivity contribution in [2.75, 3.05) is 13.2 Å². The van der Waals surface area contributed by atoms with Crippen LogP contribution in [0.4, 0.5) is 17.6 Å². The predicted octanol–water partition coefficient (Wildman–Crippen LogP) is 14.3. The van der Waals surface area contributed by atoms with Crippen molar-refractivity contribution in [3.05, 3.63) is 58.7 Å². The first kappa shape index (κ1) is 58.4. The number of hydrogen-bond acceptors (Lipinski definition) is 6. The minimum Gasteiger partial charge on any atom is -0.490 e. The van der Waals surface area contributed by atoms with Gasteiger partial charge in [-0.05, 0) is 154 Å². The lowest BCUT2D eigenvalue weighted by atomic mass is 9.68. The maximum atomic E-state index is 15.0. The van der Waals surface area contributed by atoms with Gasteiger partial charge >= 0.3 is 21.2 Å². The standard InChI is InChI=1S/C27H40F2O3.C26H42F2O8P2/c1-2-3-4-6-19-8-10-20(11-9-19)21-12-14-22(15-13-21)23-16-17-24(27(29)26(23)28)32-18-5-7-25(30)31;1-2-3-4-5-18-6-8-19(9-7-18)20-10-12-21(13-11-20)22-14-15-23(25(28)24(22)27)36-17-16-26(29,37(30,31)32)38(33,34)35/h16-17,19-22H,2-15,18H2,1H3,(H,30,31);14-15,18-21,29H,2-13,16-17H2,1H3,(H2,30,31,32)(H2,33,34,35). The molecular formula is C53H82F4O11P2. The number of aliphatic hydroxyl groups is 1. The molecule has 0 radical (unpaired) electrons. The Balaban J connectivity index is 0.000000265. The third kappa shape index (κ3) is 16.2. The summed E-state index contributed by atoms with van der Waals surface area (Å²) in [6, 6.07) is 5.80. The molecule has 4 fully saturated rings. The number of halogens is 4. The lowest BCUT2D eigenvalue weighted by Gasteiger charge is -2.38. The Morgan fingerprint density at radius 1 is 0.543 bits per heavy atom. The number of rotatable bonds is 23. The summed E-state index contributed by atoms with van der Waals surface area (Å²) in [5.41, 5.74) is 0.730. The summed E-state index contributed by atoms with van der Waals surface area (Å²) in [6.45, 7) is 3.70. The zero-order valence-corrected chi connectivity index (χ0v) is 43.4. The molecule has 0 amide bonds. The van der Waals surface area contributed by atoms with Crippen LogP contribution in [0.2, 0.25) is 0 Å². The smallest absolute Gasteiger partial charge is 0.369 e. The van der Waals surface area contributed by atoms with Crippen LogP contribution >= 0.6 is 15.2 Å². The first-order chi connectivity index (χ1) is 33.3. The second kappa shape index (κ2) is 27.7. The third-order valence-corrected chi connectivity index (χ3v) is 20.4. The lowest BCUT2D eigenvalue weighted by molar-refractivity contribution is -0.137. The molecule has 0 heterocycles. The molecule has 0 atom stereocenters. The fraction of sp³-hybridized carbons (Fsp3) is 0.755. The molecule has 0 unspecified atom stereocenters. The molecule has 70 heavy (non-hydrogen) atoms. The first-order valence-corrected chi connectivity index (χ1v) is 29.8. The quantitative estimate of drug-likeness (QED) is 0.0353. The van der Waals surface area contributed by atoms with Gasteiger partial charge in [-0.25, -0.2) is 8.78 Å². The van der Waals surface area contributed by atoms with Crippen molar-refractivity contribution >= 4 is 21.2 Å². The number of unbranched alkanes of at least 4 members (excludes halogenated alkanes) is 4. The van der Waals surface area contributed by atoms with Gasteiger partial charge in [0.2, 0.25) is 11.6 Å². The largest absolute Gasteiger partial charge is 0.490 e. The van der Waals surface area contributed by atoms with Crippen molar-refractivity contribution in [1.29, 1.82) is 0 Å². The second-order valence-corrected chi connectivity index (χ2v) is 25.2. The molecule has 11 nitrogen and oxygen atoms in total. The van der Waals surface area contributed by atoms with Gasteiger partial charge in [-0.3, -0.25) is 13.9 Å². The van der Waals surface area contributed by atoms with Crippen LogP contribution in [0.5, 0.6) is 11.5 Å². The van der Waals surface area contributed by atoms with Crippen LogP contribution in [0.25, 0.3) is 0 Å². The number of carbonyl (C=O) groups is 1. The van der Waals surface area contributed by atoms with E-state index in [1.54, 1.807) is 6.07 Å². The van der Waals surface area contributed by atoms with Crippen molar-refractivity contribution in [3.63, 3.8) is 0 Å². The molecule has 398 valence electrons. The normalized spacial score (nSPS) is 25.7. The van der Waals surface area contributed by atoms with Gasteiger partial charge in [-0.15, -0.1) is 0 Å². The zero-order chi connectivity index (χ0) is 51.1. The van der Waals surface area contributed by atoms with Crippen LogP contribution in [0, 0.1) is 58.8 Å². The molecule has 0 spiro atoms. The monoisotopic (exact) mass is 1030 g/mol. The molecule has 2 aromatic rings. The van der Waals surface area contributed by atoms with Crippen LogP contribution < -0.4 is 9.47 Å². The van der Waals surface area contributed by atoms with E-state index in [-0.39, 0.29) is 42.6 Å². The van der Waals surface area contributed by atoms with Gasteiger partial charge in [0, 0.05) is 12.8 Å². The summed E-state index contributed by atoms with van der Waals surface area (Å²) < 4.78 is 92.1. The first-order valence-electron chi connectivity index (χ1n) is 26.5. The third-order valence-electron chi connectivity index (χ3n) is 16.5. The summed E-state index contributed by atoms with van der Waals surface area (Å²) in [5, 5.41) is 14.9. The van der Waals surface area contributed by atoms with Gasteiger partial charge in [0.1, 0.15) is 0 Å². The van der Waals surface area contributed by atoms with E-state index in [9.17, 15) is 56.2 Å². The molecule has 4 saturated carbocycles. The maximum absolute atomic E-state index is 15.0. The Bertz CT molecular complexity index is 1990. The molecular weight excluding hydrogens is 951 g/mol. The van der Waals surface area contributed by atoms with E-state index in [1.165, 1.54) is 121 Å². The molecule has 6 rings (SSSR count). The molecule has 0 aromatic heterocycles. The fourth-order valence-electron chi connectivity index (χ4n) is 12.2. The van der Waals surface area contributed by atoms with Crippen LogP contribution in [-0.4, -0.2) is 54.1 Å². The minimum absolute atomic E-state index is 0.0497. The number of aliphatic carboxylic acids is 1. The second-order valence-electron chi connectivity index (χ2n) is 21.1. The Kier molecular flexibility index (Phi) is 23.1. The Morgan fingerprint density at radius 3 is 1.24 bits per heavy atom. The molecule has 0 saturated heterocycles. The predicted molar refractivity (Wildman–Crippen MR) is 263 cm³/mol. The molecule has 6 N–H and O–H groups in total. The van der Waals surface area contributed by atoms with E-state index in [4.69, 9.17) is 14.6 Å². The average Bonchev–Trinajstić information content (AvgIpc) is 3.33. The maximum Gasteiger partial charge on any atom is 0.369 e. The zero-order valence-electron chi connectivity index (χ0n) is 41.6. The number of carboxylic acids is 1. The fourth-order valence-corrected chi connectivity index (χ4v) is 14.3. The van der Waals surface area contributed by atoms with Gasteiger partial charge in [-0.1, -0.05) is 103 Å². The minimum atomic E-state index is -5.66. The van der Waals surface area contributed by atoms with Crippen LogP contribution in [0.1, 0.15) is 210 Å². The van der Waals surface area contributed by atoms with Crippen LogP contribution in [0.3, 0.4) is 0 Å². The van der Waals surface area contributed by atoms with Crippen molar-refractivity contribution in [1.82, 2.24) is 0 Å². The van der Waals surface area contributed by atoms with Gasteiger partial charge in [0.25, 0.3) is 5.08 Å². The van der Waals surface area contributed by atoms with E-state index in [0.29, 0.717) is 11.5 Å². The summed E-state index contributed by atoms with van der Waals surface area (Å²) in [6.07, 6.45) is 27.9. The number of hydrogen-bond donors (Lipinski definition) is 6. The van der Waals surface area contributed by atoms with Gasteiger partial charge < -0.3 is 39.3 Å². The molecule has 0 aliphatic heterocycles.